The largest absolute Gasteiger partial charge is 0.492 e. The summed E-state index contributed by atoms with van der Waals surface area (Å²) in [6, 6.07) is 10.1. The highest BCUT2D eigenvalue weighted by Crippen LogP contribution is 2.33. The standard InChI is InChI=1S/C31H38F2N4O4/c1-3-31(33,4-2)19-36-12-10-20(11-13-36)18-41-27-9-8-21(14-22(27)16-34)24-6-5-7-25(32)28(24)30(40)37-17-23(38)15-26(37)29(35)39/h5-9,14,20,23,26,38H,3-4,10-13,15,17-19H2,1-2H3,(H2,35,39). The highest BCUT2D eigenvalue weighted by molar-refractivity contribution is 6.03. The molecule has 2 atom stereocenters. The molecule has 0 bridgehead atoms. The fourth-order valence-electron chi connectivity index (χ4n) is 5.74. The summed E-state index contributed by atoms with van der Waals surface area (Å²) < 4.78 is 35.9. The Kier molecular flexibility index (Phi) is 9.61. The lowest BCUT2D eigenvalue weighted by molar-refractivity contribution is -0.121. The number of benzene rings is 2. The van der Waals surface area contributed by atoms with Gasteiger partial charge in [-0.2, -0.15) is 5.26 Å². The molecular formula is C31H38F2N4O4. The van der Waals surface area contributed by atoms with E-state index >= 15 is 4.39 Å². The molecule has 2 amide bonds. The summed E-state index contributed by atoms with van der Waals surface area (Å²) >= 11 is 0. The molecule has 8 nitrogen and oxygen atoms in total. The molecule has 2 heterocycles. The van der Waals surface area contributed by atoms with Crippen LogP contribution >= 0.6 is 0 Å². The predicted molar refractivity (Wildman–Crippen MR) is 150 cm³/mol. The van der Waals surface area contributed by atoms with Crippen LogP contribution in [-0.2, 0) is 4.79 Å². The van der Waals surface area contributed by atoms with Crippen molar-refractivity contribution in [2.45, 2.75) is 63.8 Å². The van der Waals surface area contributed by atoms with Gasteiger partial charge in [0.05, 0.1) is 23.8 Å². The number of nitrogens with two attached hydrogens (primary N) is 1. The number of amides is 2. The monoisotopic (exact) mass is 568 g/mol. The van der Waals surface area contributed by atoms with Gasteiger partial charge in [0, 0.05) is 19.5 Å². The first kappa shape index (κ1) is 30.4. The van der Waals surface area contributed by atoms with Crippen molar-refractivity contribution in [3.05, 3.63) is 53.3 Å². The van der Waals surface area contributed by atoms with Crippen molar-refractivity contribution in [2.24, 2.45) is 11.7 Å². The molecule has 0 aliphatic carbocycles. The van der Waals surface area contributed by atoms with Gasteiger partial charge in [0.25, 0.3) is 5.91 Å². The summed E-state index contributed by atoms with van der Waals surface area (Å²) in [5.74, 6) is -1.66. The minimum absolute atomic E-state index is 0.0113. The minimum Gasteiger partial charge on any atom is -0.492 e. The molecule has 2 saturated heterocycles. The van der Waals surface area contributed by atoms with E-state index in [9.17, 15) is 24.3 Å². The van der Waals surface area contributed by atoms with Crippen molar-refractivity contribution in [1.82, 2.24) is 9.80 Å². The van der Waals surface area contributed by atoms with Crippen molar-refractivity contribution in [3.63, 3.8) is 0 Å². The topological polar surface area (TPSA) is 120 Å². The maximum atomic E-state index is 15.1. The van der Waals surface area contributed by atoms with Gasteiger partial charge in [0.2, 0.25) is 5.91 Å². The molecule has 41 heavy (non-hydrogen) atoms. The molecule has 2 aromatic rings. The van der Waals surface area contributed by atoms with E-state index in [0.29, 0.717) is 37.3 Å². The van der Waals surface area contributed by atoms with Crippen LogP contribution in [0.1, 0.15) is 61.9 Å². The van der Waals surface area contributed by atoms with E-state index < -0.39 is 35.4 Å². The summed E-state index contributed by atoms with van der Waals surface area (Å²) in [5, 5.41) is 19.9. The molecule has 2 unspecified atom stereocenters. The predicted octanol–water partition coefficient (Wildman–Crippen LogP) is 4.04. The number of piperidine rings is 1. The van der Waals surface area contributed by atoms with Gasteiger partial charge in [-0.15, -0.1) is 0 Å². The first-order valence-electron chi connectivity index (χ1n) is 14.2. The first-order chi connectivity index (χ1) is 19.6. The first-order valence-corrected chi connectivity index (χ1v) is 14.2. The van der Waals surface area contributed by atoms with Crippen molar-refractivity contribution < 1.29 is 28.2 Å². The van der Waals surface area contributed by atoms with Crippen molar-refractivity contribution >= 4 is 11.8 Å². The molecule has 2 fully saturated rings. The van der Waals surface area contributed by atoms with Gasteiger partial charge in [0.1, 0.15) is 29.3 Å². The van der Waals surface area contributed by atoms with Crippen LogP contribution < -0.4 is 10.5 Å². The average molecular weight is 569 g/mol. The van der Waals surface area contributed by atoms with Crippen LogP contribution in [0, 0.1) is 23.1 Å². The summed E-state index contributed by atoms with van der Waals surface area (Å²) in [6.45, 7) is 6.08. The fourth-order valence-corrected chi connectivity index (χ4v) is 5.74. The lowest BCUT2D eigenvalue weighted by Gasteiger charge is -2.36. The highest BCUT2D eigenvalue weighted by Gasteiger charge is 2.39. The number of halogens is 2. The number of primary amides is 1. The summed E-state index contributed by atoms with van der Waals surface area (Å²) in [5.41, 5.74) is 4.93. The second-order valence-corrected chi connectivity index (χ2v) is 11.1. The van der Waals surface area contributed by atoms with E-state index in [4.69, 9.17) is 10.5 Å². The zero-order valence-corrected chi connectivity index (χ0v) is 23.6. The normalized spacial score (nSPS) is 20.1. The van der Waals surface area contributed by atoms with E-state index in [1.807, 2.05) is 13.8 Å². The molecule has 3 N–H and O–H groups in total. The SMILES string of the molecule is CCC(F)(CC)CN1CCC(COc2ccc(-c3cccc(F)c3C(=O)N3CC(O)CC3C(N)=O)cc2C#N)CC1. The van der Waals surface area contributed by atoms with E-state index in [-0.39, 0.29) is 35.6 Å². The van der Waals surface area contributed by atoms with Crippen LogP contribution in [0.5, 0.6) is 5.75 Å². The molecule has 2 aliphatic rings. The van der Waals surface area contributed by atoms with Crippen LogP contribution in [0.25, 0.3) is 11.1 Å². The van der Waals surface area contributed by atoms with Crippen LogP contribution in [0.2, 0.25) is 0 Å². The number of hydrogen-bond donors (Lipinski definition) is 2. The van der Waals surface area contributed by atoms with E-state index in [1.165, 1.54) is 6.07 Å². The quantitative estimate of drug-likeness (QED) is 0.446. The van der Waals surface area contributed by atoms with Gasteiger partial charge in [-0.1, -0.05) is 32.0 Å². The number of aliphatic hydroxyl groups is 1. The maximum Gasteiger partial charge on any atom is 0.258 e. The summed E-state index contributed by atoms with van der Waals surface area (Å²) in [4.78, 5) is 28.6. The summed E-state index contributed by atoms with van der Waals surface area (Å²) in [6.07, 6.45) is 1.79. The van der Waals surface area contributed by atoms with Gasteiger partial charge in [-0.25, -0.2) is 8.78 Å². The average Bonchev–Trinajstić information content (AvgIpc) is 3.38. The highest BCUT2D eigenvalue weighted by atomic mass is 19.1. The third-order valence-electron chi connectivity index (χ3n) is 8.46. The Balaban J connectivity index is 1.47. The molecule has 0 saturated carbocycles. The lowest BCUT2D eigenvalue weighted by atomic mass is 9.94. The van der Waals surface area contributed by atoms with Crippen LogP contribution in [-0.4, -0.2) is 77.3 Å². The summed E-state index contributed by atoms with van der Waals surface area (Å²) in [7, 11) is 0. The zero-order valence-electron chi connectivity index (χ0n) is 23.6. The number of hydrogen-bond acceptors (Lipinski definition) is 6. The van der Waals surface area contributed by atoms with Gasteiger partial charge in [0.15, 0.2) is 0 Å². The smallest absolute Gasteiger partial charge is 0.258 e. The van der Waals surface area contributed by atoms with Crippen molar-refractivity contribution in [1.29, 1.82) is 5.26 Å². The second kappa shape index (κ2) is 13.0. The number of likely N-dealkylation sites (tertiary alicyclic amines) is 2. The Morgan fingerprint density at radius 2 is 1.90 bits per heavy atom. The number of rotatable bonds is 10. The Morgan fingerprint density at radius 1 is 1.20 bits per heavy atom. The molecule has 0 spiro atoms. The number of alkyl halides is 1. The number of carbonyl (C=O) groups is 2. The third-order valence-corrected chi connectivity index (χ3v) is 8.46. The number of carbonyl (C=O) groups excluding carboxylic acids is 2. The van der Waals surface area contributed by atoms with Crippen molar-refractivity contribution in [2.75, 3.05) is 32.8 Å². The number of β-amino-alcohol motifs (C(OH)–C–C–N with tert-alkyl or cyclic N) is 1. The number of nitriles is 1. The zero-order chi connectivity index (χ0) is 29.7. The van der Waals surface area contributed by atoms with E-state index in [1.54, 1.807) is 24.3 Å². The van der Waals surface area contributed by atoms with Crippen LogP contribution in [0.15, 0.2) is 36.4 Å². The minimum atomic E-state index is -1.15. The molecule has 0 aromatic heterocycles. The van der Waals surface area contributed by atoms with Gasteiger partial charge in [-0.05, 0) is 74.0 Å². The Morgan fingerprint density at radius 3 is 2.54 bits per heavy atom. The van der Waals surface area contributed by atoms with Crippen LogP contribution in [0.3, 0.4) is 0 Å². The molecule has 220 valence electrons. The van der Waals surface area contributed by atoms with Crippen LogP contribution in [0.4, 0.5) is 8.78 Å². The Bertz CT molecular complexity index is 1300. The molecule has 2 aromatic carbocycles. The fraction of sp³-hybridized carbons (Fsp3) is 0.516. The van der Waals surface area contributed by atoms with E-state index in [2.05, 4.69) is 11.0 Å². The molecule has 4 rings (SSSR count). The maximum absolute atomic E-state index is 15.1. The van der Waals surface area contributed by atoms with Gasteiger partial charge in [-0.3, -0.25) is 9.59 Å². The molecule has 2 aliphatic heterocycles. The number of nitrogens with zero attached hydrogens (tertiary/aromatic N) is 3. The van der Waals surface area contributed by atoms with Crippen molar-refractivity contribution in [3.8, 4) is 22.9 Å². The number of ether oxygens (including phenoxy) is 1. The molecular weight excluding hydrogens is 530 g/mol. The Labute approximate surface area is 239 Å². The number of aliphatic hydroxyl groups excluding tert-OH is 1. The third kappa shape index (κ3) is 6.85. The van der Waals surface area contributed by atoms with E-state index in [0.717, 1.165) is 36.9 Å². The molecule has 0 radical (unpaired) electrons. The Hall–Kier alpha value is -3.55. The van der Waals surface area contributed by atoms with Gasteiger partial charge >= 0.3 is 0 Å². The van der Waals surface area contributed by atoms with Gasteiger partial charge < -0.3 is 25.4 Å². The molecule has 10 heteroatoms. The lowest BCUT2D eigenvalue weighted by Crippen LogP contribution is -2.44. The second-order valence-electron chi connectivity index (χ2n) is 11.1.